The van der Waals surface area contributed by atoms with Gasteiger partial charge in [0.05, 0.1) is 19.3 Å². The minimum atomic E-state index is -1.07. The Morgan fingerprint density at radius 2 is 2.35 bits per heavy atom. The summed E-state index contributed by atoms with van der Waals surface area (Å²) in [6, 6.07) is 0. The molecule has 6 heteroatoms. The van der Waals surface area contributed by atoms with Crippen molar-refractivity contribution in [2.75, 3.05) is 19.7 Å². The van der Waals surface area contributed by atoms with Crippen molar-refractivity contribution in [2.24, 2.45) is 0 Å². The van der Waals surface area contributed by atoms with Gasteiger partial charge in [-0.3, -0.25) is 4.79 Å². The summed E-state index contributed by atoms with van der Waals surface area (Å²) in [4.78, 5) is 12.1. The molecule has 17 heavy (non-hydrogen) atoms. The molecular formula is C11H17Cl2NO3. The molecule has 0 saturated carbocycles. The van der Waals surface area contributed by atoms with Crippen molar-refractivity contribution >= 4 is 29.1 Å². The van der Waals surface area contributed by atoms with E-state index in [4.69, 9.17) is 32.7 Å². The van der Waals surface area contributed by atoms with Gasteiger partial charge in [0.25, 0.3) is 5.91 Å². The van der Waals surface area contributed by atoms with Crippen LogP contribution in [-0.4, -0.2) is 47.7 Å². The predicted octanol–water partition coefficient (Wildman–Crippen LogP) is 1.96. The summed E-state index contributed by atoms with van der Waals surface area (Å²) in [6.45, 7) is 6.87. The highest BCUT2D eigenvalue weighted by Crippen LogP contribution is 2.15. The van der Waals surface area contributed by atoms with E-state index in [1.807, 2.05) is 6.92 Å². The summed E-state index contributed by atoms with van der Waals surface area (Å²) in [5, 5.41) is 0. The zero-order valence-corrected chi connectivity index (χ0v) is 11.3. The number of carbonyl (C=O) groups excluding carboxylic acids is 1. The van der Waals surface area contributed by atoms with E-state index in [1.54, 1.807) is 6.08 Å². The molecule has 0 spiro atoms. The van der Waals surface area contributed by atoms with Crippen LogP contribution in [0.3, 0.4) is 0 Å². The van der Waals surface area contributed by atoms with Crippen LogP contribution in [0.15, 0.2) is 12.7 Å². The van der Waals surface area contributed by atoms with Gasteiger partial charge < -0.3 is 14.4 Å². The van der Waals surface area contributed by atoms with Crippen molar-refractivity contribution in [3.63, 3.8) is 0 Å². The van der Waals surface area contributed by atoms with Gasteiger partial charge in [0.1, 0.15) is 0 Å². The first kappa shape index (κ1) is 14.8. The quantitative estimate of drug-likeness (QED) is 0.571. The van der Waals surface area contributed by atoms with Gasteiger partial charge in [-0.15, -0.1) is 6.58 Å². The molecule has 0 aromatic heterocycles. The molecule has 0 radical (unpaired) electrons. The summed E-state index contributed by atoms with van der Waals surface area (Å²) >= 11 is 11.1. The molecule has 4 nitrogen and oxygen atoms in total. The van der Waals surface area contributed by atoms with E-state index in [9.17, 15) is 4.79 Å². The van der Waals surface area contributed by atoms with E-state index in [2.05, 4.69) is 6.58 Å². The molecular weight excluding hydrogens is 265 g/mol. The lowest BCUT2D eigenvalue weighted by Crippen LogP contribution is -2.44. The van der Waals surface area contributed by atoms with E-state index in [1.165, 1.54) is 4.90 Å². The molecule has 0 aliphatic carbocycles. The number of amides is 1. The van der Waals surface area contributed by atoms with E-state index >= 15 is 0 Å². The number of rotatable bonds is 5. The molecule has 0 bridgehead atoms. The van der Waals surface area contributed by atoms with Gasteiger partial charge >= 0.3 is 0 Å². The van der Waals surface area contributed by atoms with Gasteiger partial charge in [-0.2, -0.15) is 0 Å². The third-order valence-electron chi connectivity index (χ3n) is 2.43. The molecule has 1 rings (SSSR count). The Labute approximate surface area is 111 Å². The SMILES string of the molecule is C=CCN(CC1OCCC(C)O1)C(=O)C(Cl)Cl. The van der Waals surface area contributed by atoms with Gasteiger partial charge in [0, 0.05) is 6.54 Å². The molecule has 2 atom stereocenters. The second kappa shape index (κ2) is 7.21. The number of carbonyl (C=O) groups is 1. The minimum absolute atomic E-state index is 0.136. The Balaban J connectivity index is 2.53. The van der Waals surface area contributed by atoms with Crippen molar-refractivity contribution in [3.05, 3.63) is 12.7 Å². The second-order valence-electron chi connectivity index (χ2n) is 3.87. The fraction of sp³-hybridized carbons (Fsp3) is 0.727. The van der Waals surface area contributed by atoms with Crippen LogP contribution in [0.4, 0.5) is 0 Å². The molecule has 1 fully saturated rings. The lowest BCUT2D eigenvalue weighted by Gasteiger charge is -2.32. The summed E-state index contributed by atoms with van der Waals surface area (Å²) in [5.41, 5.74) is 0. The summed E-state index contributed by atoms with van der Waals surface area (Å²) in [7, 11) is 0. The van der Waals surface area contributed by atoms with Gasteiger partial charge in [-0.1, -0.05) is 29.3 Å². The highest BCUT2D eigenvalue weighted by molar-refractivity contribution is 6.53. The van der Waals surface area contributed by atoms with Gasteiger partial charge in [-0.25, -0.2) is 0 Å². The van der Waals surface area contributed by atoms with E-state index in [0.29, 0.717) is 19.7 Å². The first-order valence-corrected chi connectivity index (χ1v) is 6.36. The topological polar surface area (TPSA) is 38.8 Å². The number of hydrogen-bond donors (Lipinski definition) is 0. The van der Waals surface area contributed by atoms with E-state index in [0.717, 1.165) is 6.42 Å². The third kappa shape index (κ3) is 4.84. The monoisotopic (exact) mass is 281 g/mol. The van der Waals surface area contributed by atoms with Crippen molar-refractivity contribution in [3.8, 4) is 0 Å². The highest BCUT2D eigenvalue weighted by atomic mass is 35.5. The molecule has 1 amide bonds. The molecule has 1 heterocycles. The van der Waals surface area contributed by atoms with Crippen LogP contribution in [0, 0.1) is 0 Å². The van der Waals surface area contributed by atoms with Crippen LogP contribution in [-0.2, 0) is 14.3 Å². The maximum absolute atomic E-state index is 11.7. The molecule has 0 aromatic carbocycles. The Morgan fingerprint density at radius 1 is 1.65 bits per heavy atom. The lowest BCUT2D eigenvalue weighted by molar-refractivity contribution is -0.213. The Hall–Kier alpha value is -0.290. The van der Waals surface area contributed by atoms with Gasteiger partial charge in [-0.05, 0) is 13.3 Å². The van der Waals surface area contributed by atoms with Gasteiger partial charge in [0.15, 0.2) is 11.1 Å². The minimum Gasteiger partial charge on any atom is -0.351 e. The van der Waals surface area contributed by atoms with Crippen molar-refractivity contribution < 1.29 is 14.3 Å². The summed E-state index contributed by atoms with van der Waals surface area (Å²) in [6.07, 6.45) is 2.19. The number of hydrogen-bond acceptors (Lipinski definition) is 3. The Bertz CT molecular complexity index is 273. The zero-order valence-electron chi connectivity index (χ0n) is 9.77. The number of nitrogens with zero attached hydrogens (tertiary/aromatic N) is 1. The second-order valence-corrected chi connectivity index (χ2v) is 4.96. The maximum Gasteiger partial charge on any atom is 0.256 e. The normalized spacial score (nSPS) is 24.7. The molecule has 0 aromatic rings. The average Bonchev–Trinajstić information content (AvgIpc) is 2.27. The number of halogens is 2. The fourth-order valence-corrected chi connectivity index (χ4v) is 1.83. The molecule has 1 aliphatic rings. The lowest BCUT2D eigenvalue weighted by atomic mass is 10.3. The first-order chi connectivity index (χ1) is 8.04. The third-order valence-corrected chi connectivity index (χ3v) is 2.80. The van der Waals surface area contributed by atoms with E-state index < -0.39 is 11.1 Å². The summed E-state index contributed by atoms with van der Waals surface area (Å²) < 4.78 is 11.0. The zero-order chi connectivity index (χ0) is 12.8. The standard InChI is InChI=1S/C11H17Cl2NO3/c1-3-5-14(11(15)10(12)13)7-9-16-6-4-8(2)17-9/h3,8-10H,1,4-7H2,2H3. The molecule has 1 aliphatic heterocycles. The van der Waals surface area contributed by atoms with Crippen LogP contribution in [0.2, 0.25) is 0 Å². The van der Waals surface area contributed by atoms with E-state index in [-0.39, 0.29) is 12.0 Å². The van der Waals surface area contributed by atoms with Crippen molar-refractivity contribution in [1.82, 2.24) is 4.90 Å². The molecule has 2 unspecified atom stereocenters. The Kier molecular flexibility index (Phi) is 6.27. The largest absolute Gasteiger partial charge is 0.351 e. The van der Waals surface area contributed by atoms with Crippen molar-refractivity contribution in [1.29, 1.82) is 0 Å². The van der Waals surface area contributed by atoms with Crippen LogP contribution in [0.25, 0.3) is 0 Å². The maximum atomic E-state index is 11.7. The summed E-state index contributed by atoms with van der Waals surface area (Å²) in [5.74, 6) is -0.362. The Morgan fingerprint density at radius 3 is 2.88 bits per heavy atom. The predicted molar refractivity (Wildman–Crippen MR) is 67.2 cm³/mol. The molecule has 1 saturated heterocycles. The number of ether oxygens (including phenoxy) is 2. The van der Waals surface area contributed by atoms with Crippen molar-refractivity contribution in [2.45, 2.75) is 30.6 Å². The highest BCUT2D eigenvalue weighted by Gasteiger charge is 2.26. The first-order valence-electron chi connectivity index (χ1n) is 5.49. The molecule has 98 valence electrons. The fourth-order valence-electron chi connectivity index (χ4n) is 1.56. The smallest absolute Gasteiger partial charge is 0.256 e. The number of alkyl halides is 2. The van der Waals surface area contributed by atoms with Crippen LogP contribution < -0.4 is 0 Å². The van der Waals surface area contributed by atoms with Crippen LogP contribution in [0.1, 0.15) is 13.3 Å². The van der Waals surface area contributed by atoms with Crippen LogP contribution in [0.5, 0.6) is 0 Å². The van der Waals surface area contributed by atoms with Crippen LogP contribution >= 0.6 is 23.2 Å². The van der Waals surface area contributed by atoms with Gasteiger partial charge in [0.2, 0.25) is 0 Å². The molecule has 0 N–H and O–H groups in total. The average molecular weight is 282 g/mol.